The summed E-state index contributed by atoms with van der Waals surface area (Å²) >= 11 is 0. The minimum Gasteiger partial charge on any atom is -0.481 e. The second-order valence-electron chi connectivity index (χ2n) is 5.52. The Balaban J connectivity index is 1.88. The summed E-state index contributed by atoms with van der Waals surface area (Å²) in [5.74, 6) is 3.11. The minimum atomic E-state index is -0.0746. The summed E-state index contributed by atoms with van der Waals surface area (Å²) in [7, 11) is 0. The Morgan fingerprint density at radius 2 is 1.83 bits per heavy atom. The van der Waals surface area contributed by atoms with Crippen molar-refractivity contribution in [1.82, 2.24) is 5.32 Å². The zero-order valence-electron chi connectivity index (χ0n) is 14.1. The molecule has 4 nitrogen and oxygen atoms in total. The van der Waals surface area contributed by atoms with Gasteiger partial charge in [0.2, 0.25) is 5.91 Å². The smallest absolute Gasteiger partial charge is 0.238 e. The van der Waals surface area contributed by atoms with Gasteiger partial charge in [-0.25, -0.2) is 0 Å². The first-order valence-corrected chi connectivity index (χ1v) is 7.82. The van der Waals surface area contributed by atoms with E-state index in [1.165, 1.54) is 0 Å². The van der Waals surface area contributed by atoms with E-state index in [4.69, 9.17) is 11.2 Å². The minimum absolute atomic E-state index is 0.0746. The highest BCUT2D eigenvalue weighted by atomic mass is 16.5. The fourth-order valence-corrected chi connectivity index (χ4v) is 2.42. The summed E-state index contributed by atoms with van der Waals surface area (Å²) in [5, 5.41) is 6.09. The highest BCUT2D eigenvalue weighted by Crippen LogP contribution is 2.19. The third-order valence-electron chi connectivity index (χ3n) is 3.63. The van der Waals surface area contributed by atoms with E-state index in [0.29, 0.717) is 6.54 Å². The average molecular weight is 322 g/mol. The standard InChI is InChI=1S/C20H22N2O2/c1-4-12-24-18-11-6-5-10-17(18)13-21-14-19(23)22-20-15(2)8-7-9-16(20)3/h1,5-11,21H,12-14H2,2-3H3,(H,22,23). The third kappa shape index (κ3) is 4.87. The van der Waals surface area contributed by atoms with Crippen LogP contribution < -0.4 is 15.4 Å². The van der Waals surface area contributed by atoms with Crippen LogP contribution >= 0.6 is 0 Å². The van der Waals surface area contributed by atoms with E-state index in [1.54, 1.807) is 0 Å². The molecule has 0 atom stereocenters. The molecule has 0 saturated carbocycles. The molecule has 0 unspecified atom stereocenters. The molecular weight excluding hydrogens is 300 g/mol. The maximum Gasteiger partial charge on any atom is 0.238 e. The summed E-state index contributed by atoms with van der Waals surface area (Å²) in [4.78, 5) is 12.1. The summed E-state index contributed by atoms with van der Waals surface area (Å²) < 4.78 is 5.49. The van der Waals surface area contributed by atoms with Crippen LogP contribution in [0.3, 0.4) is 0 Å². The van der Waals surface area contributed by atoms with Gasteiger partial charge in [0.1, 0.15) is 12.4 Å². The molecule has 124 valence electrons. The van der Waals surface area contributed by atoms with E-state index in [2.05, 4.69) is 16.6 Å². The van der Waals surface area contributed by atoms with Crippen LogP contribution in [0.2, 0.25) is 0 Å². The van der Waals surface area contributed by atoms with Crippen molar-refractivity contribution in [3.8, 4) is 18.1 Å². The van der Waals surface area contributed by atoms with E-state index >= 15 is 0 Å². The van der Waals surface area contributed by atoms with Crippen molar-refractivity contribution >= 4 is 11.6 Å². The van der Waals surface area contributed by atoms with Crippen molar-refractivity contribution in [2.75, 3.05) is 18.5 Å². The van der Waals surface area contributed by atoms with Crippen LogP contribution in [0.25, 0.3) is 0 Å². The molecular formula is C20H22N2O2. The molecule has 0 heterocycles. The summed E-state index contributed by atoms with van der Waals surface area (Å²) in [6.07, 6.45) is 5.22. The van der Waals surface area contributed by atoms with Crippen LogP contribution in [-0.2, 0) is 11.3 Å². The van der Waals surface area contributed by atoms with Crippen molar-refractivity contribution in [2.45, 2.75) is 20.4 Å². The molecule has 2 aromatic carbocycles. The Morgan fingerprint density at radius 3 is 2.54 bits per heavy atom. The zero-order valence-corrected chi connectivity index (χ0v) is 14.1. The highest BCUT2D eigenvalue weighted by molar-refractivity contribution is 5.93. The molecule has 0 saturated heterocycles. The second-order valence-corrected chi connectivity index (χ2v) is 5.52. The van der Waals surface area contributed by atoms with Gasteiger partial charge in [0.15, 0.2) is 0 Å². The molecule has 0 aliphatic carbocycles. The number of hydrogen-bond donors (Lipinski definition) is 2. The van der Waals surface area contributed by atoms with Crippen LogP contribution in [0.5, 0.6) is 5.75 Å². The number of nitrogens with one attached hydrogen (secondary N) is 2. The van der Waals surface area contributed by atoms with Crippen LogP contribution in [0, 0.1) is 26.2 Å². The number of para-hydroxylation sites is 2. The molecule has 0 bridgehead atoms. The first-order valence-electron chi connectivity index (χ1n) is 7.82. The van der Waals surface area contributed by atoms with E-state index in [0.717, 1.165) is 28.1 Å². The molecule has 24 heavy (non-hydrogen) atoms. The predicted octanol–water partition coefficient (Wildman–Crippen LogP) is 3.04. The number of carbonyl (C=O) groups excluding carboxylic acids is 1. The van der Waals surface area contributed by atoms with Gasteiger partial charge >= 0.3 is 0 Å². The molecule has 0 spiro atoms. The lowest BCUT2D eigenvalue weighted by molar-refractivity contribution is -0.115. The van der Waals surface area contributed by atoms with Gasteiger partial charge in [-0.05, 0) is 31.0 Å². The number of benzene rings is 2. The fraction of sp³-hybridized carbons (Fsp3) is 0.250. The fourth-order valence-electron chi connectivity index (χ4n) is 2.42. The molecule has 0 radical (unpaired) electrons. The molecule has 2 N–H and O–H groups in total. The van der Waals surface area contributed by atoms with Crippen LogP contribution in [-0.4, -0.2) is 19.1 Å². The molecule has 0 aliphatic rings. The molecule has 4 heteroatoms. The molecule has 2 rings (SSSR count). The van der Waals surface area contributed by atoms with Crippen molar-refractivity contribution in [3.05, 3.63) is 59.2 Å². The van der Waals surface area contributed by atoms with Gasteiger partial charge in [-0.2, -0.15) is 0 Å². The number of anilines is 1. The number of hydrogen-bond acceptors (Lipinski definition) is 3. The van der Waals surface area contributed by atoms with Crippen LogP contribution in [0.4, 0.5) is 5.69 Å². The SMILES string of the molecule is C#CCOc1ccccc1CNCC(=O)Nc1c(C)cccc1C. The molecule has 0 aliphatic heterocycles. The lowest BCUT2D eigenvalue weighted by Gasteiger charge is -2.13. The topological polar surface area (TPSA) is 50.4 Å². The van der Waals surface area contributed by atoms with Crippen molar-refractivity contribution in [3.63, 3.8) is 0 Å². The largest absolute Gasteiger partial charge is 0.481 e. The normalized spacial score (nSPS) is 10.0. The Bertz CT molecular complexity index is 727. The maximum atomic E-state index is 12.1. The van der Waals surface area contributed by atoms with Crippen molar-refractivity contribution in [1.29, 1.82) is 0 Å². The Hall–Kier alpha value is -2.77. The number of rotatable bonds is 7. The third-order valence-corrected chi connectivity index (χ3v) is 3.63. The van der Waals surface area contributed by atoms with E-state index in [9.17, 15) is 4.79 Å². The summed E-state index contributed by atoms with van der Waals surface area (Å²) in [6.45, 7) is 4.94. The van der Waals surface area contributed by atoms with Crippen LogP contribution in [0.1, 0.15) is 16.7 Å². The highest BCUT2D eigenvalue weighted by Gasteiger charge is 2.08. The summed E-state index contributed by atoms with van der Waals surface area (Å²) in [6, 6.07) is 13.6. The monoisotopic (exact) mass is 322 g/mol. The van der Waals surface area contributed by atoms with Gasteiger partial charge in [0.05, 0.1) is 6.54 Å². The summed E-state index contributed by atoms with van der Waals surface area (Å²) in [5.41, 5.74) is 3.95. The Labute approximate surface area is 143 Å². The Kier molecular flexibility index (Phi) is 6.41. The van der Waals surface area contributed by atoms with E-state index < -0.39 is 0 Å². The first kappa shape index (κ1) is 17.6. The van der Waals surface area contributed by atoms with E-state index in [-0.39, 0.29) is 19.1 Å². The van der Waals surface area contributed by atoms with Gasteiger partial charge in [-0.15, -0.1) is 6.42 Å². The molecule has 0 fully saturated rings. The molecule has 0 aromatic heterocycles. The maximum absolute atomic E-state index is 12.1. The van der Waals surface area contributed by atoms with Crippen molar-refractivity contribution in [2.24, 2.45) is 0 Å². The van der Waals surface area contributed by atoms with Crippen LogP contribution in [0.15, 0.2) is 42.5 Å². The number of terminal acetylenes is 1. The van der Waals surface area contributed by atoms with Gasteiger partial charge in [-0.1, -0.05) is 42.3 Å². The van der Waals surface area contributed by atoms with Gasteiger partial charge in [0, 0.05) is 17.8 Å². The van der Waals surface area contributed by atoms with Gasteiger partial charge in [0.25, 0.3) is 0 Å². The number of carbonyl (C=O) groups is 1. The average Bonchev–Trinajstić information content (AvgIpc) is 2.57. The first-order chi connectivity index (χ1) is 11.6. The van der Waals surface area contributed by atoms with Gasteiger partial charge in [-0.3, -0.25) is 4.79 Å². The second kappa shape index (κ2) is 8.76. The quantitative estimate of drug-likeness (QED) is 0.770. The lowest BCUT2D eigenvalue weighted by atomic mass is 10.1. The zero-order chi connectivity index (χ0) is 17.4. The lowest BCUT2D eigenvalue weighted by Crippen LogP contribution is -2.28. The number of aryl methyl sites for hydroxylation is 2. The number of amides is 1. The molecule has 1 amide bonds. The predicted molar refractivity (Wildman–Crippen MR) is 97.0 cm³/mol. The van der Waals surface area contributed by atoms with E-state index in [1.807, 2.05) is 56.3 Å². The number of ether oxygens (including phenoxy) is 1. The van der Waals surface area contributed by atoms with Gasteiger partial charge < -0.3 is 15.4 Å². The van der Waals surface area contributed by atoms with Crippen molar-refractivity contribution < 1.29 is 9.53 Å². The Morgan fingerprint density at radius 1 is 1.12 bits per heavy atom. The molecule has 2 aromatic rings.